The fourth-order valence-corrected chi connectivity index (χ4v) is 1.33. The van der Waals surface area contributed by atoms with Crippen LogP contribution < -0.4 is 5.32 Å². The number of hydrogen-bond acceptors (Lipinski definition) is 3. The van der Waals surface area contributed by atoms with E-state index in [1.165, 1.54) is 0 Å². The van der Waals surface area contributed by atoms with Crippen molar-refractivity contribution in [3.63, 3.8) is 0 Å². The van der Waals surface area contributed by atoms with Crippen molar-refractivity contribution in [3.05, 3.63) is 0 Å². The van der Waals surface area contributed by atoms with Crippen LogP contribution in [0.25, 0.3) is 0 Å². The third-order valence-corrected chi connectivity index (χ3v) is 3.18. The molecule has 1 N–H and O–H groups in total. The molecule has 2 amide bonds. The molecule has 0 radical (unpaired) electrons. The maximum absolute atomic E-state index is 11.8. The third-order valence-electron chi connectivity index (χ3n) is 3.18. The van der Waals surface area contributed by atoms with Crippen molar-refractivity contribution in [2.24, 2.45) is 0 Å². The topological polar surface area (TPSA) is 44.8 Å². The quantitative estimate of drug-likeness (QED) is 0.760. The van der Waals surface area contributed by atoms with Crippen molar-refractivity contribution in [2.75, 3.05) is 46.9 Å². The van der Waals surface area contributed by atoms with E-state index in [2.05, 4.69) is 24.1 Å². The second-order valence-corrected chi connectivity index (χ2v) is 4.96. The van der Waals surface area contributed by atoms with Crippen LogP contribution in [-0.4, -0.2) is 68.3 Å². The lowest BCUT2D eigenvalue weighted by molar-refractivity contribution is 0.0522. The van der Waals surface area contributed by atoms with E-state index in [-0.39, 0.29) is 11.6 Å². The number of amides is 2. The van der Waals surface area contributed by atoms with E-state index in [9.17, 15) is 4.79 Å². The van der Waals surface area contributed by atoms with Gasteiger partial charge in [-0.1, -0.05) is 0 Å². The SMILES string of the molecule is CN(C)C(C)(C)CNC(=O)N1CCOCC1. The molecule has 0 spiro atoms. The highest BCUT2D eigenvalue weighted by atomic mass is 16.5. The van der Waals surface area contributed by atoms with Gasteiger partial charge in [-0.25, -0.2) is 4.79 Å². The van der Waals surface area contributed by atoms with Gasteiger partial charge in [0.25, 0.3) is 0 Å². The van der Waals surface area contributed by atoms with E-state index in [4.69, 9.17) is 4.74 Å². The maximum Gasteiger partial charge on any atom is 0.317 e. The zero-order chi connectivity index (χ0) is 12.2. The first kappa shape index (κ1) is 13.3. The molecule has 0 bridgehead atoms. The Bertz CT molecular complexity index is 235. The molecule has 94 valence electrons. The number of hydrogen-bond donors (Lipinski definition) is 1. The van der Waals surface area contributed by atoms with Crippen LogP contribution in [0.1, 0.15) is 13.8 Å². The van der Waals surface area contributed by atoms with Gasteiger partial charge in [-0.3, -0.25) is 0 Å². The van der Waals surface area contributed by atoms with E-state index in [1.807, 2.05) is 14.1 Å². The van der Waals surface area contributed by atoms with Crippen LogP contribution in [0.5, 0.6) is 0 Å². The predicted octanol–water partition coefficient (Wildman–Crippen LogP) is 0.368. The summed E-state index contributed by atoms with van der Waals surface area (Å²) in [7, 11) is 4.03. The zero-order valence-corrected chi connectivity index (χ0v) is 10.7. The number of carbonyl (C=O) groups excluding carboxylic acids is 1. The highest BCUT2D eigenvalue weighted by molar-refractivity contribution is 5.74. The van der Waals surface area contributed by atoms with Crippen molar-refractivity contribution in [2.45, 2.75) is 19.4 Å². The summed E-state index contributed by atoms with van der Waals surface area (Å²) in [5, 5.41) is 2.96. The van der Waals surface area contributed by atoms with Gasteiger partial charge in [-0.2, -0.15) is 0 Å². The minimum absolute atomic E-state index is 0.0122. The molecule has 0 saturated carbocycles. The van der Waals surface area contributed by atoms with Gasteiger partial charge >= 0.3 is 6.03 Å². The summed E-state index contributed by atoms with van der Waals surface area (Å²) in [5.74, 6) is 0. The summed E-state index contributed by atoms with van der Waals surface area (Å²) < 4.78 is 5.20. The normalized spacial score (nSPS) is 17.7. The Kier molecular flexibility index (Phi) is 4.56. The number of urea groups is 1. The molecule has 1 aliphatic rings. The minimum Gasteiger partial charge on any atom is -0.378 e. The molecule has 1 saturated heterocycles. The highest BCUT2D eigenvalue weighted by Gasteiger charge is 2.23. The Morgan fingerprint density at radius 2 is 1.94 bits per heavy atom. The minimum atomic E-state index is -0.0258. The van der Waals surface area contributed by atoms with Gasteiger partial charge < -0.3 is 19.9 Å². The molecule has 0 unspecified atom stereocenters. The van der Waals surface area contributed by atoms with Crippen LogP contribution in [0, 0.1) is 0 Å². The first-order valence-electron chi connectivity index (χ1n) is 5.71. The number of ether oxygens (including phenoxy) is 1. The summed E-state index contributed by atoms with van der Waals surface area (Å²) in [6.45, 7) is 7.52. The maximum atomic E-state index is 11.8. The average molecular weight is 229 g/mol. The second kappa shape index (κ2) is 5.50. The van der Waals surface area contributed by atoms with Gasteiger partial charge in [-0.15, -0.1) is 0 Å². The van der Waals surface area contributed by atoms with Crippen molar-refractivity contribution in [1.29, 1.82) is 0 Å². The van der Waals surface area contributed by atoms with Gasteiger partial charge in [0.15, 0.2) is 0 Å². The summed E-state index contributed by atoms with van der Waals surface area (Å²) in [6.07, 6.45) is 0. The molecule has 1 aliphatic heterocycles. The fraction of sp³-hybridized carbons (Fsp3) is 0.909. The van der Waals surface area contributed by atoms with Crippen LogP contribution in [0.4, 0.5) is 4.79 Å². The summed E-state index contributed by atoms with van der Waals surface area (Å²) in [4.78, 5) is 15.7. The Morgan fingerprint density at radius 3 is 2.44 bits per heavy atom. The summed E-state index contributed by atoms with van der Waals surface area (Å²) in [5.41, 5.74) is -0.0258. The van der Waals surface area contributed by atoms with Gasteiger partial charge in [0.2, 0.25) is 0 Å². The highest BCUT2D eigenvalue weighted by Crippen LogP contribution is 2.08. The Labute approximate surface area is 97.7 Å². The number of nitrogens with one attached hydrogen (secondary N) is 1. The Morgan fingerprint density at radius 1 is 1.38 bits per heavy atom. The molecular weight excluding hydrogens is 206 g/mol. The molecule has 1 rings (SSSR count). The number of carbonyl (C=O) groups is 1. The van der Waals surface area contributed by atoms with Gasteiger partial charge in [0, 0.05) is 25.2 Å². The standard InChI is InChI=1S/C11H23N3O2/c1-11(2,13(3)4)9-12-10(15)14-5-7-16-8-6-14/h5-9H2,1-4H3,(H,12,15). The van der Waals surface area contributed by atoms with Crippen LogP contribution in [0.2, 0.25) is 0 Å². The molecular formula is C11H23N3O2. The van der Waals surface area contributed by atoms with Gasteiger partial charge in [-0.05, 0) is 27.9 Å². The average Bonchev–Trinajstić information content (AvgIpc) is 2.27. The monoisotopic (exact) mass is 229 g/mol. The lowest BCUT2D eigenvalue weighted by Gasteiger charge is -2.34. The van der Waals surface area contributed by atoms with E-state index in [0.717, 1.165) is 0 Å². The third kappa shape index (κ3) is 3.64. The number of likely N-dealkylation sites (N-methyl/N-ethyl adjacent to an activating group) is 1. The number of morpholine rings is 1. The lowest BCUT2D eigenvalue weighted by Crippen LogP contribution is -2.53. The van der Waals surface area contributed by atoms with Crippen LogP contribution in [0.15, 0.2) is 0 Å². The smallest absolute Gasteiger partial charge is 0.317 e. The molecule has 1 fully saturated rings. The molecule has 1 heterocycles. The van der Waals surface area contributed by atoms with Gasteiger partial charge in [0.1, 0.15) is 0 Å². The van der Waals surface area contributed by atoms with Crippen molar-refractivity contribution >= 4 is 6.03 Å². The molecule has 16 heavy (non-hydrogen) atoms. The first-order chi connectivity index (χ1) is 7.43. The molecule has 5 heteroatoms. The van der Waals surface area contributed by atoms with E-state index in [1.54, 1.807) is 4.90 Å². The van der Waals surface area contributed by atoms with Crippen molar-refractivity contribution in [1.82, 2.24) is 15.1 Å². The van der Waals surface area contributed by atoms with Crippen LogP contribution >= 0.6 is 0 Å². The molecule has 0 aromatic carbocycles. The summed E-state index contributed by atoms with van der Waals surface area (Å²) >= 11 is 0. The Balaban J connectivity index is 2.34. The molecule has 5 nitrogen and oxygen atoms in total. The van der Waals surface area contributed by atoms with Crippen LogP contribution in [-0.2, 0) is 4.74 Å². The molecule has 0 aliphatic carbocycles. The first-order valence-corrected chi connectivity index (χ1v) is 5.71. The van der Waals surface area contributed by atoms with Crippen LogP contribution in [0.3, 0.4) is 0 Å². The van der Waals surface area contributed by atoms with E-state index >= 15 is 0 Å². The van der Waals surface area contributed by atoms with Gasteiger partial charge in [0.05, 0.1) is 13.2 Å². The van der Waals surface area contributed by atoms with E-state index in [0.29, 0.717) is 32.8 Å². The number of rotatable bonds is 3. The predicted molar refractivity (Wildman–Crippen MR) is 63.6 cm³/mol. The molecule has 0 atom stereocenters. The molecule has 0 aromatic rings. The Hall–Kier alpha value is -0.810. The largest absolute Gasteiger partial charge is 0.378 e. The van der Waals surface area contributed by atoms with Crippen molar-refractivity contribution < 1.29 is 9.53 Å². The second-order valence-electron chi connectivity index (χ2n) is 4.96. The lowest BCUT2D eigenvalue weighted by atomic mass is 10.0. The summed E-state index contributed by atoms with van der Waals surface area (Å²) in [6, 6.07) is 0.0122. The zero-order valence-electron chi connectivity index (χ0n) is 10.7. The molecule has 0 aromatic heterocycles. The van der Waals surface area contributed by atoms with E-state index < -0.39 is 0 Å². The number of nitrogens with zero attached hydrogens (tertiary/aromatic N) is 2. The fourth-order valence-electron chi connectivity index (χ4n) is 1.33. The van der Waals surface area contributed by atoms with Crippen molar-refractivity contribution in [3.8, 4) is 0 Å².